The predicted molar refractivity (Wildman–Crippen MR) is 66.8 cm³/mol. The van der Waals surface area contributed by atoms with E-state index in [-0.39, 0.29) is 24.3 Å². The van der Waals surface area contributed by atoms with Gasteiger partial charge in [0.15, 0.2) is 0 Å². The third-order valence-corrected chi connectivity index (χ3v) is 2.56. The minimum absolute atomic E-state index is 0.0220. The molecule has 0 rings (SSSR count). The van der Waals surface area contributed by atoms with Gasteiger partial charge in [0.1, 0.15) is 0 Å². The van der Waals surface area contributed by atoms with Crippen LogP contribution >= 0.6 is 0 Å². The first-order chi connectivity index (χ1) is 7.97. The summed E-state index contributed by atoms with van der Waals surface area (Å²) < 4.78 is 0. The summed E-state index contributed by atoms with van der Waals surface area (Å²) in [5, 5.41) is 14.5. The molecular formula is C12H24N2O3. The monoisotopic (exact) mass is 244 g/mol. The van der Waals surface area contributed by atoms with Crippen molar-refractivity contribution >= 4 is 11.9 Å². The van der Waals surface area contributed by atoms with Crippen LogP contribution in [0.15, 0.2) is 0 Å². The van der Waals surface area contributed by atoms with Gasteiger partial charge in [0.2, 0.25) is 5.91 Å². The third-order valence-electron chi connectivity index (χ3n) is 2.56. The standard InChI is InChI=1S/C12H24N2O3/c1-4-13-8-9(2)12(17)14-10(3)6-5-7-11(15)16/h9-10,13H,4-8H2,1-3H3,(H,14,17)(H,15,16). The molecule has 0 aromatic rings. The van der Waals surface area contributed by atoms with E-state index in [0.29, 0.717) is 19.4 Å². The quantitative estimate of drug-likeness (QED) is 0.565. The van der Waals surface area contributed by atoms with Gasteiger partial charge < -0.3 is 15.7 Å². The third kappa shape index (κ3) is 8.68. The maximum absolute atomic E-state index is 11.7. The molecule has 100 valence electrons. The summed E-state index contributed by atoms with van der Waals surface area (Å²) >= 11 is 0. The van der Waals surface area contributed by atoms with Crippen LogP contribution in [-0.4, -0.2) is 36.1 Å². The fraction of sp³-hybridized carbons (Fsp3) is 0.833. The number of rotatable bonds is 9. The van der Waals surface area contributed by atoms with Crippen molar-refractivity contribution < 1.29 is 14.7 Å². The van der Waals surface area contributed by atoms with E-state index in [1.54, 1.807) is 0 Å². The van der Waals surface area contributed by atoms with E-state index in [4.69, 9.17) is 5.11 Å². The van der Waals surface area contributed by atoms with E-state index in [0.717, 1.165) is 6.54 Å². The molecule has 0 saturated carbocycles. The summed E-state index contributed by atoms with van der Waals surface area (Å²) in [7, 11) is 0. The molecule has 1 amide bonds. The molecule has 17 heavy (non-hydrogen) atoms. The highest BCUT2D eigenvalue weighted by Crippen LogP contribution is 2.02. The Kier molecular flexibility index (Phi) is 8.40. The Morgan fingerprint density at radius 3 is 2.47 bits per heavy atom. The number of nitrogens with one attached hydrogen (secondary N) is 2. The Balaban J connectivity index is 3.74. The summed E-state index contributed by atoms with van der Waals surface area (Å²) in [5.74, 6) is -0.824. The van der Waals surface area contributed by atoms with Gasteiger partial charge >= 0.3 is 5.97 Å². The molecular weight excluding hydrogens is 220 g/mol. The lowest BCUT2D eigenvalue weighted by atomic mass is 10.1. The molecule has 0 spiro atoms. The molecule has 0 heterocycles. The van der Waals surface area contributed by atoms with Crippen LogP contribution in [0.1, 0.15) is 40.0 Å². The normalized spacial score (nSPS) is 14.1. The van der Waals surface area contributed by atoms with Crippen molar-refractivity contribution in [3.63, 3.8) is 0 Å². The molecule has 0 aliphatic rings. The van der Waals surface area contributed by atoms with Crippen LogP contribution in [0, 0.1) is 5.92 Å². The maximum Gasteiger partial charge on any atom is 0.303 e. The number of aliphatic carboxylic acids is 1. The van der Waals surface area contributed by atoms with E-state index in [2.05, 4.69) is 10.6 Å². The highest BCUT2D eigenvalue weighted by molar-refractivity contribution is 5.78. The SMILES string of the molecule is CCNCC(C)C(=O)NC(C)CCCC(=O)O. The van der Waals surface area contributed by atoms with Crippen LogP contribution < -0.4 is 10.6 Å². The van der Waals surface area contributed by atoms with Crippen molar-refractivity contribution in [1.29, 1.82) is 0 Å². The topological polar surface area (TPSA) is 78.4 Å². The van der Waals surface area contributed by atoms with Gasteiger partial charge in [-0.25, -0.2) is 0 Å². The van der Waals surface area contributed by atoms with Crippen LogP contribution in [0.5, 0.6) is 0 Å². The molecule has 0 saturated heterocycles. The first-order valence-electron chi connectivity index (χ1n) is 6.20. The van der Waals surface area contributed by atoms with Crippen LogP contribution in [0.3, 0.4) is 0 Å². The smallest absolute Gasteiger partial charge is 0.303 e. The van der Waals surface area contributed by atoms with Crippen molar-refractivity contribution in [2.45, 2.75) is 46.1 Å². The van der Waals surface area contributed by atoms with Crippen molar-refractivity contribution in [2.24, 2.45) is 5.92 Å². The average molecular weight is 244 g/mol. The Morgan fingerprint density at radius 1 is 1.29 bits per heavy atom. The number of amides is 1. The molecule has 2 atom stereocenters. The number of carbonyl (C=O) groups excluding carboxylic acids is 1. The van der Waals surface area contributed by atoms with Crippen molar-refractivity contribution in [2.75, 3.05) is 13.1 Å². The number of carboxylic acids is 1. The number of hydrogen-bond acceptors (Lipinski definition) is 3. The van der Waals surface area contributed by atoms with E-state index >= 15 is 0 Å². The van der Waals surface area contributed by atoms with E-state index < -0.39 is 5.97 Å². The molecule has 0 aromatic carbocycles. The van der Waals surface area contributed by atoms with Crippen LogP contribution in [0.2, 0.25) is 0 Å². The molecule has 0 aliphatic heterocycles. The summed E-state index contributed by atoms with van der Waals surface area (Å²) in [6.45, 7) is 7.30. The molecule has 0 bridgehead atoms. The van der Waals surface area contributed by atoms with Crippen molar-refractivity contribution in [1.82, 2.24) is 10.6 Å². The maximum atomic E-state index is 11.7. The fourth-order valence-corrected chi connectivity index (χ4v) is 1.47. The molecule has 3 N–H and O–H groups in total. The Bertz CT molecular complexity index is 244. The second-order valence-corrected chi connectivity index (χ2v) is 4.40. The highest BCUT2D eigenvalue weighted by atomic mass is 16.4. The lowest BCUT2D eigenvalue weighted by Gasteiger charge is -2.17. The molecule has 0 radical (unpaired) electrons. The lowest BCUT2D eigenvalue weighted by molar-refractivity contribution is -0.137. The van der Waals surface area contributed by atoms with Gasteiger partial charge in [-0.3, -0.25) is 9.59 Å². The zero-order valence-electron chi connectivity index (χ0n) is 11.0. The summed E-state index contributed by atoms with van der Waals surface area (Å²) in [6, 6.07) is 0.0333. The largest absolute Gasteiger partial charge is 0.481 e. The molecule has 2 unspecified atom stereocenters. The first-order valence-corrected chi connectivity index (χ1v) is 6.20. The number of carboxylic acid groups (broad SMARTS) is 1. The number of hydrogen-bond donors (Lipinski definition) is 3. The highest BCUT2D eigenvalue weighted by Gasteiger charge is 2.14. The summed E-state index contributed by atoms with van der Waals surface area (Å²) in [6.07, 6.45) is 1.46. The van der Waals surface area contributed by atoms with Gasteiger partial charge in [0.05, 0.1) is 0 Å². The first kappa shape index (κ1) is 15.9. The Morgan fingerprint density at radius 2 is 1.94 bits per heavy atom. The Hall–Kier alpha value is -1.10. The van der Waals surface area contributed by atoms with Crippen LogP contribution in [0.4, 0.5) is 0 Å². The minimum atomic E-state index is -0.788. The van der Waals surface area contributed by atoms with Crippen molar-refractivity contribution in [3.8, 4) is 0 Å². The molecule has 5 nitrogen and oxygen atoms in total. The van der Waals surface area contributed by atoms with Gasteiger partial charge in [0.25, 0.3) is 0 Å². The van der Waals surface area contributed by atoms with E-state index in [1.807, 2.05) is 20.8 Å². The van der Waals surface area contributed by atoms with E-state index in [1.165, 1.54) is 0 Å². The minimum Gasteiger partial charge on any atom is -0.481 e. The molecule has 0 fully saturated rings. The average Bonchev–Trinajstić information content (AvgIpc) is 2.25. The van der Waals surface area contributed by atoms with Gasteiger partial charge in [0, 0.05) is 24.9 Å². The summed E-state index contributed by atoms with van der Waals surface area (Å²) in [5.41, 5.74) is 0. The summed E-state index contributed by atoms with van der Waals surface area (Å²) in [4.78, 5) is 22.0. The van der Waals surface area contributed by atoms with Crippen LogP contribution in [-0.2, 0) is 9.59 Å². The van der Waals surface area contributed by atoms with Gasteiger partial charge in [-0.2, -0.15) is 0 Å². The second-order valence-electron chi connectivity index (χ2n) is 4.40. The zero-order valence-corrected chi connectivity index (χ0v) is 11.0. The van der Waals surface area contributed by atoms with E-state index in [9.17, 15) is 9.59 Å². The fourth-order valence-electron chi connectivity index (χ4n) is 1.47. The number of carbonyl (C=O) groups is 2. The Labute approximate surface area is 103 Å². The van der Waals surface area contributed by atoms with Gasteiger partial charge in [-0.05, 0) is 26.3 Å². The van der Waals surface area contributed by atoms with Crippen molar-refractivity contribution in [3.05, 3.63) is 0 Å². The molecule has 0 aromatic heterocycles. The molecule has 5 heteroatoms. The second kappa shape index (κ2) is 8.98. The zero-order chi connectivity index (χ0) is 13.3. The predicted octanol–water partition coefficient (Wildman–Crippen LogP) is 0.992. The molecule has 0 aliphatic carbocycles. The van der Waals surface area contributed by atoms with Crippen LogP contribution in [0.25, 0.3) is 0 Å². The lowest BCUT2D eigenvalue weighted by Crippen LogP contribution is -2.39. The van der Waals surface area contributed by atoms with Gasteiger partial charge in [-0.1, -0.05) is 13.8 Å². The van der Waals surface area contributed by atoms with Gasteiger partial charge in [-0.15, -0.1) is 0 Å².